The Morgan fingerprint density at radius 2 is 1.80 bits per heavy atom. The number of benzene rings is 2. The SMILES string of the molecule is CCCc1cccc2c(C)cc(C)cc12. The van der Waals surface area contributed by atoms with E-state index in [0.717, 1.165) is 0 Å². The zero-order valence-electron chi connectivity index (χ0n) is 9.80. The van der Waals surface area contributed by atoms with Crippen molar-refractivity contribution in [3.8, 4) is 0 Å². The van der Waals surface area contributed by atoms with Gasteiger partial charge in [-0.15, -0.1) is 0 Å². The quantitative estimate of drug-likeness (QED) is 0.670. The number of hydrogen-bond donors (Lipinski definition) is 0. The van der Waals surface area contributed by atoms with Gasteiger partial charge in [-0.2, -0.15) is 0 Å². The maximum absolute atomic E-state index is 2.31. The van der Waals surface area contributed by atoms with E-state index in [1.54, 1.807) is 0 Å². The third-order valence-corrected chi connectivity index (χ3v) is 2.96. The van der Waals surface area contributed by atoms with E-state index in [4.69, 9.17) is 0 Å². The molecular weight excluding hydrogens is 180 g/mol. The molecule has 0 N–H and O–H groups in total. The van der Waals surface area contributed by atoms with Gasteiger partial charge < -0.3 is 0 Å². The Balaban J connectivity index is 2.73. The van der Waals surface area contributed by atoms with Crippen LogP contribution in [-0.2, 0) is 6.42 Å². The fraction of sp³-hybridized carbons (Fsp3) is 0.333. The number of hydrogen-bond acceptors (Lipinski definition) is 0. The van der Waals surface area contributed by atoms with Gasteiger partial charge in [-0.1, -0.05) is 49.2 Å². The first-order valence-corrected chi connectivity index (χ1v) is 5.71. The largest absolute Gasteiger partial charge is 0.0651 e. The summed E-state index contributed by atoms with van der Waals surface area (Å²) in [5.41, 5.74) is 4.24. The van der Waals surface area contributed by atoms with Gasteiger partial charge in [0, 0.05) is 0 Å². The molecule has 2 aromatic carbocycles. The van der Waals surface area contributed by atoms with Crippen LogP contribution in [0.1, 0.15) is 30.0 Å². The standard InChI is InChI=1S/C15H18/c1-4-6-13-7-5-8-14-12(3)9-11(2)10-15(13)14/h5,7-10H,4,6H2,1-3H3. The second kappa shape index (κ2) is 4.06. The van der Waals surface area contributed by atoms with Crippen molar-refractivity contribution in [2.45, 2.75) is 33.6 Å². The van der Waals surface area contributed by atoms with Gasteiger partial charge in [-0.25, -0.2) is 0 Å². The highest BCUT2D eigenvalue weighted by molar-refractivity contribution is 5.89. The minimum absolute atomic E-state index is 1.18. The molecule has 0 spiro atoms. The molecule has 2 rings (SSSR count). The smallest absolute Gasteiger partial charge is 0.0147 e. The summed E-state index contributed by atoms with van der Waals surface area (Å²) in [6.07, 6.45) is 2.40. The Bertz CT molecular complexity index is 481. The number of rotatable bonds is 2. The molecule has 78 valence electrons. The van der Waals surface area contributed by atoms with Crippen LogP contribution in [0, 0.1) is 13.8 Å². The third kappa shape index (κ3) is 1.90. The maximum Gasteiger partial charge on any atom is -0.0147 e. The van der Waals surface area contributed by atoms with E-state index in [9.17, 15) is 0 Å². The predicted octanol–water partition coefficient (Wildman–Crippen LogP) is 4.41. The molecule has 15 heavy (non-hydrogen) atoms. The summed E-state index contributed by atoms with van der Waals surface area (Å²) < 4.78 is 0. The summed E-state index contributed by atoms with van der Waals surface area (Å²) in [7, 11) is 0. The highest BCUT2D eigenvalue weighted by Crippen LogP contribution is 2.24. The van der Waals surface area contributed by atoms with Gasteiger partial charge in [0.2, 0.25) is 0 Å². The third-order valence-electron chi connectivity index (χ3n) is 2.96. The lowest BCUT2D eigenvalue weighted by atomic mass is 9.96. The Kier molecular flexibility index (Phi) is 2.77. The molecule has 0 heterocycles. The minimum Gasteiger partial charge on any atom is -0.0651 e. The Morgan fingerprint density at radius 1 is 1.00 bits per heavy atom. The van der Waals surface area contributed by atoms with Crippen molar-refractivity contribution in [1.29, 1.82) is 0 Å². The average Bonchev–Trinajstić information content (AvgIpc) is 2.19. The molecule has 0 radical (unpaired) electrons. The van der Waals surface area contributed by atoms with Crippen LogP contribution in [0.2, 0.25) is 0 Å². The molecule has 0 bridgehead atoms. The van der Waals surface area contributed by atoms with Crippen molar-refractivity contribution in [2.24, 2.45) is 0 Å². The van der Waals surface area contributed by atoms with Gasteiger partial charge >= 0.3 is 0 Å². The summed E-state index contributed by atoms with van der Waals surface area (Å²) in [4.78, 5) is 0. The first-order chi connectivity index (χ1) is 7.22. The van der Waals surface area contributed by atoms with Gasteiger partial charge in [-0.05, 0) is 42.2 Å². The highest BCUT2D eigenvalue weighted by Gasteiger charge is 2.02. The highest BCUT2D eigenvalue weighted by atomic mass is 14.1. The fourth-order valence-corrected chi connectivity index (χ4v) is 2.30. The van der Waals surface area contributed by atoms with Gasteiger partial charge in [0.05, 0.1) is 0 Å². The van der Waals surface area contributed by atoms with Crippen LogP contribution in [0.5, 0.6) is 0 Å². The molecule has 0 saturated heterocycles. The summed E-state index contributed by atoms with van der Waals surface area (Å²) in [5.74, 6) is 0. The monoisotopic (exact) mass is 198 g/mol. The second-order valence-corrected chi connectivity index (χ2v) is 4.34. The van der Waals surface area contributed by atoms with Crippen molar-refractivity contribution in [1.82, 2.24) is 0 Å². The van der Waals surface area contributed by atoms with Crippen LogP contribution in [0.25, 0.3) is 10.8 Å². The van der Waals surface area contributed by atoms with Crippen molar-refractivity contribution in [3.05, 3.63) is 47.0 Å². The first-order valence-electron chi connectivity index (χ1n) is 5.71. The molecule has 0 saturated carbocycles. The van der Waals surface area contributed by atoms with E-state index in [1.807, 2.05) is 0 Å². The summed E-state index contributed by atoms with van der Waals surface area (Å²) in [6.45, 7) is 6.61. The summed E-state index contributed by atoms with van der Waals surface area (Å²) >= 11 is 0. The number of aryl methyl sites for hydroxylation is 3. The van der Waals surface area contributed by atoms with Gasteiger partial charge in [0.15, 0.2) is 0 Å². The molecule has 0 aliphatic heterocycles. The van der Waals surface area contributed by atoms with E-state index in [-0.39, 0.29) is 0 Å². The maximum atomic E-state index is 2.31. The first kappa shape index (κ1) is 10.2. The zero-order valence-corrected chi connectivity index (χ0v) is 9.80. The molecule has 0 nitrogen and oxygen atoms in total. The lowest BCUT2D eigenvalue weighted by molar-refractivity contribution is 0.929. The topological polar surface area (TPSA) is 0 Å². The second-order valence-electron chi connectivity index (χ2n) is 4.34. The van der Waals surface area contributed by atoms with Crippen LogP contribution >= 0.6 is 0 Å². The molecule has 0 amide bonds. The van der Waals surface area contributed by atoms with Crippen molar-refractivity contribution >= 4 is 10.8 Å². The molecule has 0 atom stereocenters. The molecule has 0 fully saturated rings. The lowest BCUT2D eigenvalue weighted by Gasteiger charge is -2.09. The van der Waals surface area contributed by atoms with Crippen LogP contribution in [0.15, 0.2) is 30.3 Å². The molecule has 0 heteroatoms. The normalized spacial score (nSPS) is 10.9. The van der Waals surface area contributed by atoms with Gasteiger partial charge in [-0.3, -0.25) is 0 Å². The van der Waals surface area contributed by atoms with E-state index in [0.29, 0.717) is 0 Å². The van der Waals surface area contributed by atoms with Gasteiger partial charge in [0.1, 0.15) is 0 Å². The predicted molar refractivity (Wildman–Crippen MR) is 67.4 cm³/mol. The molecular formula is C15H18. The molecule has 2 aromatic rings. The van der Waals surface area contributed by atoms with Crippen LogP contribution in [-0.4, -0.2) is 0 Å². The lowest BCUT2D eigenvalue weighted by Crippen LogP contribution is -1.88. The van der Waals surface area contributed by atoms with Gasteiger partial charge in [0.25, 0.3) is 0 Å². The van der Waals surface area contributed by atoms with E-state index in [1.165, 1.54) is 40.3 Å². The molecule has 0 unspecified atom stereocenters. The minimum atomic E-state index is 1.18. The molecule has 0 aliphatic rings. The van der Waals surface area contributed by atoms with E-state index < -0.39 is 0 Å². The van der Waals surface area contributed by atoms with E-state index >= 15 is 0 Å². The van der Waals surface area contributed by atoms with Crippen LogP contribution in [0.4, 0.5) is 0 Å². The van der Waals surface area contributed by atoms with Crippen molar-refractivity contribution in [2.75, 3.05) is 0 Å². The Morgan fingerprint density at radius 3 is 2.53 bits per heavy atom. The zero-order chi connectivity index (χ0) is 10.8. The van der Waals surface area contributed by atoms with Crippen LogP contribution < -0.4 is 0 Å². The Labute approximate surface area is 91.9 Å². The van der Waals surface area contributed by atoms with Crippen molar-refractivity contribution < 1.29 is 0 Å². The Hall–Kier alpha value is -1.30. The average molecular weight is 198 g/mol. The summed E-state index contributed by atoms with van der Waals surface area (Å²) in [6, 6.07) is 11.2. The van der Waals surface area contributed by atoms with Crippen LogP contribution in [0.3, 0.4) is 0 Å². The number of fused-ring (bicyclic) bond motifs is 1. The van der Waals surface area contributed by atoms with E-state index in [2.05, 4.69) is 51.1 Å². The fourth-order valence-electron chi connectivity index (χ4n) is 2.30. The van der Waals surface area contributed by atoms with Crippen molar-refractivity contribution in [3.63, 3.8) is 0 Å². The molecule has 0 aliphatic carbocycles. The summed E-state index contributed by atoms with van der Waals surface area (Å²) in [5, 5.41) is 2.85. The molecule has 0 aromatic heterocycles.